The predicted octanol–water partition coefficient (Wildman–Crippen LogP) is 2.90. The molecule has 92 valence electrons. The van der Waals surface area contributed by atoms with E-state index in [0.29, 0.717) is 17.4 Å². The molecule has 16 heavy (non-hydrogen) atoms. The molecular weight excluding hydrogens is 204 g/mol. The van der Waals surface area contributed by atoms with Crippen LogP contribution in [0.5, 0.6) is 0 Å². The van der Waals surface area contributed by atoms with E-state index in [1.165, 1.54) is 0 Å². The van der Waals surface area contributed by atoms with Crippen molar-refractivity contribution in [3.05, 3.63) is 12.2 Å². The summed E-state index contributed by atoms with van der Waals surface area (Å²) in [5.41, 5.74) is 0.453. The van der Waals surface area contributed by atoms with E-state index >= 15 is 0 Å². The first-order chi connectivity index (χ1) is 7.40. The Kier molecular flexibility index (Phi) is 4.54. The summed E-state index contributed by atoms with van der Waals surface area (Å²) in [6.45, 7) is 12.1. The molecule has 0 saturated carbocycles. The number of ether oxygens (including phenoxy) is 2. The van der Waals surface area contributed by atoms with Crippen molar-refractivity contribution in [2.75, 3.05) is 0 Å². The van der Waals surface area contributed by atoms with Crippen molar-refractivity contribution in [3.63, 3.8) is 0 Å². The van der Waals surface area contributed by atoms with Crippen molar-refractivity contribution in [2.45, 2.75) is 52.9 Å². The van der Waals surface area contributed by atoms with Gasteiger partial charge >= 0.3 is 5.97 Å². The van der Waals surface area contributed by atoms with Gasteiger partial charge in [0.25, 0.3) is 0 Å². The van der Waals surface area contributed by atoms with Crippen LogP contribution < -0.4 is 0 Å². The van der Waals surface area contributed by atoms with Crippen molar-refractivity contribution < 1.29 is 14.3 Å². The van der Waals surface area contributed by atoms with Crippen LogP contribution >= 0.6 is 0 Å². The van der Waals surface area contributed by atoms with E-state index in [1.807, 2.05) is 0 Å². The molecule has 1 saturated heterocycles. The zero-order valence-corrected chi connectivity index (χ0v) is 10.7. The Bertz CT molecular complexity index is 268. The number of carbonyl (C=O) groups is 1. The second-order valence-electron chi connectivity index (χ2n) is 5.24. The quantitative estimate of drug-likeness (QED) is 0.546. The summed E-state index contributed by atoms with van der Waals surface area (Å²) in [5.74, 6) is 0.624. The fraction of sp³-hybridized carbons (Fsp3) is 0.769. The summed E-state index contributed by atoms with van der Waals surface area (Å²) in [7, 11) is 0. The summed E-state index contributed by atoms with van der Waals surface area (Å²) >= 11 is 0. The Hall–Kier alpha value is -0.830. The van der Waals surface area contributed by atoms with Gasteiger partial charge in [-0.25, -0.2) is 4.79 Å². The Labute approximate surface area is 97.8 Å². The average Bonchev–Trinajstić information content (AvgIpc) is 2.11. The molecule has 0 aromatic heterocycles. The second-order valence-corrected chi connectivity index (χ2v) is 5.24. The molecule has 0 radical (unpaired) electrons. The van der Waals surface area contributed by atoms with Crippen LogP contribution in [0.15, 0.2) is 12.2 Å². The number of carbonyl (C=O) groups excluding carboxylic acids is 1. The molecule has 0 bridgehead atoms. The van der Waals surface area contributed by atoms with Gasteiger partial charge in [-0.05, 0) is 18.3 Å². The summed E-state index contributed by atoms with van der Waals surface area (Å²) in [6, 6.07) is 0. The molecule has 1 heterocycles. The lowest BCUT2D eigenvalue weighted by Gasteiger charge is -2.32. The maximum absolute atomic E-state index is 11.6. The number of esters is 1. The largest absolute Gasteiger partial charge is 0.432 e. The van der Waals surface area contributed by atoms with E-state index in [2.05, 4.69) is 34.3 Å². The monoisotopic (exact) mass is 226 g/mol. The standard InChI is InChI=1S/C13H22O3/c1-8(2)6-11-10(5)13(14)16-12(15-11)7-9(3)4/h8-9,11-12H,5-7H2,1-4H3/t11?,12-/m1/s1. The zero-order chi connectivity index (χ0) is 12.3. The Morgan fingerprint density at radius 1 is 1.19 bits per heavy atom. The highest BCUT2D eigenvalue weighted by atomic mass is 16.7. The molecule has 1 aliphatic heterocycles. The molecule has 2 atom stereocenters. The summed E-state index contributed by atoms with van der Waals surface area (Å²) in [6.07, 6.45) is 0.989. The normalized spacial score (nSPS) is 26.4. The van der Waals surface area contributed by atoms with Crippen LogP contribution in [-0.4, -0.2) is 18.4 Å². The maximum atomic E-state index is 11.6. The third-order valence-corrected chi connectivity index (χ3v) is 2.55. The molecule has 0 spiro atoms. The summed E-state index contributed by atoms with van der Waals surface area (Å²) in [5, 5.41) is 0. The fourth-order valence-corrected chi connectivity index (χ4v) is 1.73. The lowest BCUT2D eigenvalue weighted by atomic mass is 9.99. The van der Waals surface area contributed by atoms with Crippen molar-refractivity contribution in [1.82, 2.24) is 0 Å². The highest BCUT2D eigenvalue weighted by molar-refractivity contribution is 5.89. The maximum Gasteiger partial charge on any atom is 0.338 e. The van der Waals surface area contributed by atoms with Crippen LogP contribution in [0.25, 0.3) is 0 Å². The first kappa shape index (κ1) is 13.2. The molecule has 0 amide bonds. The Morgan fingerprint density at radius 2 is 1.75 bits per heavy atom. The topological polar surface area (TPSA) is 35.5 Å². The molecule has 1 aliphatic rings. The van der Waals surface area contributed by atoms with E-state index in [9.17, 15) is 4.79 Å². The highest BCUT2D eigenvalue weighted by Gasteiger charge is 2.33. The molecule has 1 rings (SSSR count). The van der Waals surface area contributed by atoms with Gasteiger partial charge < -0.3 is 9.47 Å². The van der Waals surface area contributed by atoms with Gasteiger partial charge in [0.2, 0.25) is 6.29 Å². The minimum Gasteiger partial charge on any atom is -0.432 e. The van der Waals surface area contributed by atoms with Crippen molar-refractivity contribution in [1.29, 1.82) is 0 Å². The van der Waals surface area contributed by atoms with Crippen LogP contribution in [0, 0.1) is 11.8 Å². The van der Waals surface area contributed by atoms with Crippen molar-refractivity contribution in [3.8, 4) is 0 Å². The lowest BCUT2D eigenvalue weighted by Crippen LogP contribution is -2.38. The molecule has 3 heteroatoms. The van der Waals surface area contributed by atoms with Gasteiger partial charge in [0.05, 0.1) is 11.7 Å². The first-order valence-electron chi connectivity index (χ1n) is 5.95. The first-order valence-corrected chi connectivity index (χ1v) is 5.95. The van der Waals surface area contributed by atoms with Crippen LogP contribution in [0.2, 0.25) is 0 Å². The van der Waals surface area contributed by atoms with E-state index in [4.69, 9.17) is 9.47 Å². The Morgan fingerprint density at radius 3 is 2.25 bits per heavy atom. The van der Waals surface area contributed by atoms with Crippen LogP contribution in [0.1, 0.15) is 40.5 Å². The highest BCUT2D eigenvalue weighted by Crippen LogP contribution is 2.26. The van der Waals surface area contributed by atoms with Gasteiger partial charge in [0, 0.05) is 6.42 Å². The minimum atomic E-state index is -0.401. The van der Waals surface area contributed by atoms with Crippen molar-refractivity contribution in [2.24, 2.45) is 11.8 Å². The number of cyclic esters (lactones) is 1. The number of hydrogen-bond donors (Lipinski definition) is 0. The van der Waals surface area contributed by atoms with Gasteiger partial charge in [0.1, 0.15) is 0 Å². The van der Waals surface area contributed by atoms with Gasteiger partial charge in [-0.15, -0.1) is 0 Å². The molecule has 0 aromatic carbocycles. The number of hydrogen-bond acceptors (Lipinski definition) is 3. The average molecular weight is 226 g/mol. The van der Waals surface area contributed by atoms with Gasteiger partial charge in [-0.1, -0.05) is 34.3 Å². The SMILES string of the molecule is C=C1C(=O)O[C@H](CC(C)C)OC1CC(C)C. The molecule has 1 fully saturated rings. The Balaban J connectivity index is 2.61. The lowest BCUT2D eigenvalue weighted by molar-refractivity contribution is -0.205. The van der Waals surface area contributed by atoms with E-state index in [-0.39, 0.29) is 12.1 Å². The summed E-state index contributed by atoms with van der Waals surface area (Å²) in [4.78, 5) is 11.6. The molecule has 0 aliphatic carbocycles. The molecule has 3 nitrogen and oxygen atoms in total. The van der Waals surface area contributed by atoms with E-state index in [1.54, 1.807) is 0 Å². The van der Waals surface area contributed by atoms with E-state index in [0.717, 1.165) is 12.8 Å². The third-order valence-electron chi connectivity index (χ3n) is 2.55. The molecule has 0 aromatic rings. The zero-order valence-electron chi connectivity index (χ0n) is 10.7. The smallest absolute Gasteiger partial charge is 0.338 e. The van der Waals surface area contributed by atoms with E-state index < -0.39 is 6.29 Å². The molecule has 1 unspecified atom stereocenters. The number of rotatable bonds is 4. The predicted molar refractivity (Wildman–Crippen MR) is 62.8 cm³/mol. The van der Waals surface area contributed by atoms with Crippen molar-refractivity contribution >= 4 is 5.97 Å². The van der Waals surface area contributed by atoms with Crippen LogP contribution in [-0.2, 0) is 14.3 Å². The van der Waals surface area contributed by atoms with Gasteiger partial charge in [0.15, 0.2) is 0 Å². The molecule has 0 N–H and O–H groups in total. The van der Waals surface area contributed by atoms with Crippen LogP contribution in [0.4, 0.5) is 0 Å². The molecular formula is C13H22O3. The minimum absolute atomic E-state index is 0.176. The summed E-state index contributed by atoms with van der Waals surface area (Å²) < 4.78 is 10.9. The van der Waals surface area contributed by atoms with Crippen LogP contribution in [0.3, 0.4) is 0 Å². The third kappa shape index (κ3) is 3.63. The van der Waals surface area contributed by atoms with Gasteiger partial charge in [-0.2, -0.15) is 0 Å². The van der Waals surface area contributed by atoms with Gasteiger partial charge in [-0.3, -0.25) is 0 Å². The second kappa shape index (κ2) is 5.48. The fourth-order valence-electron chi connectivity index (χ4n) is 1.73.